The van der Waals surface area contributed by atoms with E-state index in [4.69, 9.17) is 0 Å². The lowest BCUT2D eigenvalue weighted by molar-refractivity contribution is -0.274. The minimum Gasteiger partial charge on any atom is -0.406 e. The Kier molecular flexibility index (Phi) is 5.60. The van der Waals surface area contributed by atoms with Gasteiger partial charge in [0.2, 0.25) is 0 Å². The zero-order valence-electron chi connectivity index (χ0n) is 11.2. The molecule has 1 heterocycles. The van der Waals surface area contributed by atoms with Crippen molar-refractivity contribution in [3.8, 4) is 5.75 Å². The zero-order valence-corrected chi connectivity index (χ0v) is 12.0. The van der Waals surface area contributed by atoms with E-state index in [1.165, 1.54) is 31.4 Å². The van der Waals surface area contributed by atoms with E-state index < -0.39 is 6.36 Å². The second kappa shape index (κ2) is 7.22. The number of thioether (sulfide) groups is 1. The fraction of sp³-hybridized carbons (Fsp3) is 0.571. The molecule has 0 amide bonds. The Balaban J connectivity index is 1.79. The van der Waals surface area contributed by atoms with Crippen LogP contribution in [-0.2, 0) is 0 Å². The lowest BCUT2D eigenvalue weighted by Gasteiger charge is -2.26. The Morgan fingerprint density at radius 3 is 2.60 bits per heavy atom. The molecule has 20 heavy (non-hydrogen) atoms. The first-order valence-corrected chi connectivity index (χ1v) is 7.72. The fourth-order valence-corrected chi connectivity index (χ4v) is 3.20. The van der Waals surface area contributed by atoms with Gasteiger partial charge in [0.15, 0.2) is 0 Å². The van der Waals surface area contributed by atoms with Gasteiger partial charge in [0.05, 0.1) is 0 Å². The van der Waals surface area contributed by atoms with Gasteiger partial charge in [0, 0.05) is 17.2 Å². The molecular formula is C14H18F3NOS. The maximum absolute atomic E-state index is 12.1. The highest BCUT2D eigenvalue weighted by Gasteiger charge is 2.31. The van der Waals surface area contributed by atoms with Crippen molar-refractivity contribution in [2.45, 2.75) is 30.5 Å². The van der Waals surface area contributed by atoms with Crippen LogP contribution in [0.15, 0.2) is 29.2 Å². The van der Waals surface area contributed by atoms with Crippen LogP contribution in [0.25, 0.3) is 0 Å². The zero-order chi connectivity index (χ0) is 14.4. The average Bonchev–Trinajstić information content (AvgIpc) is 2.38. The van der Waals surface area contributed by atoms with Gasteiger partial charge in [-0.2, -0.15) is 0 Å². The van der Waals surface area contributed by atoms with E-state index in [0.717, 1.165) is 30.3 Å². The van der Waals surface area contributed by atoms with Crippen LogP contribution in [0.2, 0.25) is 0 Å². The van der Waals surface area contributed by atoms with E-state index in [1.807, 2.05) is 6.07 Å². The molecule has 1 aliphatic rings. The molecule has 6 heteroatoms. The maximum atomic E-state index is 12.1. The highest BCUT2D eigenvalue weighted by Crippen LogP contribution is 2.27. The Bertz CT molecular complexity index is 419. The molecule has 1 saturated heterocycles. The number of likely N-dealkylation sites (tertiary alicyclic amines) is 1. The molecule has 1 fully saturated rings. The number of piperidine rings is 1. The van der Waals surface area contributed by atoms with Crippen molar-refractivity contribution in [3.63, 3.8) is 0 Å². The minimum atomic E-state index is -4.63. The van der Waals surface area contributed by atoms with Crippen molar-refractivity contribution in [2.75, 3.05) is 25.4 Å². The van der Waals surface area contributed by atoms with E-state index in [2.05, 4.69) is 9.64 Å². The molecule has 0 N–H and O–H groups in total. The van der Waals surface area contributed by atoms with Gasteiger partial charge in [0.25, 0.3) is 0 Å². The second-order valence-corrected chi connectivity index (χ2v) is 5.94. The molecule has 0 atom stereocenters. The third kappa shape index (κ3) is 5.63. The van der Waals surface area contributed by atoms with Gasteiger partial charge in [-0.25, -0.2) is 0 Å². The Labute approximate surface area is 121 Å². The monoisotopic (exact) mass is 305 g/mol. The molecule has 2 nitrogen and oxygen atoms in total. The van der Waals surface area contributed by atoms with Gasteiger partial charge in [-0.15, -0.1) is 24.9 Å². The van der Waals surface area contributed by atoms with Crippen LogP contribution in [0.1, 0.15) is 19.3 Å². The number of benzene rings is 1. The number of alkyl halides is 3. The smallest absolute Gasteiger partial charge is 0.406 e. The first-order valence-electron chi connectivity index (χ1n) is 6.74. The summed E-state index contributed by atoms with van der Waals surface area (Å²) in [5.74, 6) is 0.732. The summed E-state index contributed by atoms with van der Waals surface area (Å²) < 4.78 is 40.3. The standard InChI is InChI=1S/C14H18F3NOS/c15-14(16,17)19-12-5-4-6-13(11-12)20-10-9-18-7-2-1-3-8-18/h4-6,11H,1-3,7-10H2. The maximum Gasteiger partial charge on any atom is 0.573 e. The van der Waals surface area contributed by atoms with Crippen LogP contribution < -0.4 is 4.74 Å². The van der Waals surface area contributed by atoms with Crippen molar-refractivity contribution in [2.24, 2.45) is 0 Å². The van der Waals surface area contributed by atoms with Gasteiger partial charge in [-0.1, -0.05) is 12.5 Å². The summed E-state index contributed by atoms with van der Waals surface area (Å²) in [5.41, 5.74) is 0. The predicted octanol–water partition coefficient (Wildman–Crippen LogP) is 4.16. The third-order valence-corrected chi connectivity index (χ3v) is 4.14. The molecule has 1 aromatic carbocycles. The highest BCUT2D eigenvalue weighted by molar-refractivity contribution is 7.99. The minimum absolute atomic E-state index is 0.152. The molecule has 0 radical (unpaired) electrons. The van der Waals surface area contributed by atoms with Crippen LogP contribution in [0.3, 0.4) is 0 Å². The lowest BCUT2D eigenvalue weighted by Crippen LogP contribution is -2.31. The summed E-state index contributed by atoms with van der Waals surface area (Å²) in [6, 6.07) is 6.16. The van der Waals surface area contributed by atoms with Crippen molar-refractivity contribution >= 4 is 11.8 Å². The summed E-state index contributed by atoms with van der Waals surface area (Å²) in [5, 5.41) is 0. The molecule has 0 aromatic heterocycles. The van der Waals surface area contributed by atoms with Crippen molar-refractivity contribution in [1.82, 2.24) is 4.90 Å². The fourth-order valence-electron chi connectivity index (χ4n) is 2.24. The number of halogens is 3. The summed E-state index contributed by atoms with van der Waals surface area (Å²) in [6.07, 6.45) is -0.823. The first-order chi connectivity index (χ1) is 9.53. The normalized spacial score (nSPS) is 17.1. The molecule has 0 saturated carbocycles. The number of ether oxygens (including phenoxy) is 1. The van der Waals surface area contributed by atoms with Gasteiger partial charge in [-0.3, -0.25) is 0 Å². The summed E-state index contributed by atoms with van der Waals surface area (Å²) in [7, 11) is 0. The average molecular weight is 305 g/mol. The van der Waals surface area contributed by atoms with Crippen LogP contribution in [0, 0.1) is 0 Å². The first kappa shape index (κ1) is 15.5. The van der Waals surface area contributed by atoms with E-state index in [1.54, 1.807) is 17.8 Å². The van der Waals surface area contributed by atoms with E-state index >= 15 is 0 Å². The Morgan fingerprint density at radius 1 is 1.15 bits per heavy atom. The molecule has 0 unspecified atom stereocenters. The highest BCUT2D eigenvalue weighted by atomic mass is 32.2. The number of hydrogen-bond acceptors (Lipinski definition) is 3. The third-order valence-electron chi connectivity index (χ3n) is 3.16. The molecule has 2 rings (SSSR count). The Morgan fingerprint density at radius 2 is 1.90 bits per heavy atom. The van der Waals surface area contributed by atoms with Crippen LogP contribution in [0.4, 0.5) is 13.2 Å². The summed E-state index contributed by atoms with van der Waals surface area (Å²) >= 11 is 1.57. The summed E-state index contributed by atoms with van der Waals surface area (Å²) in [6.45, 7) is 3.25. The quantitative estimate of drug-likeness (QED) is 0.758. The molecule has 112 valence electrons. The molecule has 1 aliphatic heterocycles. The molecule has 0 spiro atoms. The molecule has 0 bridgehead atoms. The number of nitrogens with zero attached hydrogens (tertiary/aromatic N) is 1. The van der Waals surface area contributed by atoms with Crippen LogP contribution >= 0.6 is 11.8 Å². The van der Waals surface area contributed by atoms with Gasteiger partial charge < -0.3 is 9.64 Å². The van der Waals surface area contributed by atoms with Gasteiger partial charge >= 0.3 is 6.36 Å². The predicted molar refractivity (Wildman–Crippen MR) is 74.1 cm³/mol. The van der Waals surface area contributed by atoms with E-state index in [-0.39, 0.29) is 5.75 Å². The van der Waals surface area contributed by atoms with Gasteiger partial charge in [-0.05, 0) is 44.1 Å². The SMILES string of the molecule is FC(F)(F)Oc1cccc(SCCN2CCCCC2)c1. The van der Waals surface area contributed by atoms with Crippen molar-refractivity contribution in [3.05, 3.63) is 24.3 Å². The topological polar surface area (TPSA) is 12.5 Å². The second-order valence-electron chi connectivity index (χ2n) is 4.77. The number of hydrogen-bond donors (Lipinski definition) is 0. The lowest BCUT2D eigenvalue weighted by atomic mass is 10.1. The van der Waals surface area contributed by atoms with Crippen LogP contribution in [0.5, 0.6) is 5.75 Å². The Hall–Kier alpha value is -0.880. The molecular weight excluding hydrogens is 287 g/mol. The summed E-state index contributed by atoms with van der Waals surface area (Å²) in [4.78, 5) is 3.22. The largest absolute Gasteiger partial charge is 0.573 e. The van der Waals surface area contributed by atoms with Crippen molar-refractivity contribution < 1.29 is 17.9 Å². The van der Waals surface area contributed by atoms with Gasteiger partial charge in [0.1, 0.15) is 5.75 Å². The van der Waals surface area contributed by atoms with Crippen LogP contribution in [-0.4, -0.2) is 36.6 Å². The number of rotatable bonds is 5. The molecule has 1 aromatic rings. The van der Waals surface area contributed by atoms with E-state index in [0.29, 0.717) is 0 Å². The van der Waals surface area contributed by atoms with E-state index in [9.17, 15) is 13.2 Å². The molecule has 0 aliphatic carbocycles. The van der Waals surface area contributed by atoms with Crippen molar-refractivity contribution in [1.29, 1.82) is 0 Å².